The Morgan fingerprint density at radius 1 is 1.65 bits per heavy atom. The maximum atomic E-state index is 5.72. The first-order chi connectivity index (χ1) is 8.36. The molecule has 0 amide bonds. The molecule has 0 radical (unpaired) electrons. The van der Waals surface area contributed by atoms with Crippen molar-refractivity contribution in [3.63, 3.8) is 0 Å². The predicted octanol–water partition coefficient (Wildman–Crippen LogP) is 2.43. The Kier molecular flexibility index (Phi) is 4.98. The number of nitrogens with one attached hydrogen (secondary N) is 1. The van der Waals surface area contributed by atoms with Gasteiger partial charge in [0.15, 0.2) is 0 Å². The zero-order chi connectivity index (χ0) is 12.1. The van der Waals surface area contributed by atoms with E-state index in [-0.39, 0.29) is 0 Å². The lowest BCUT2D eigenvalue weighted by Gasteiger charge is -2.30. The SMILES string of the molecule is COCCCC(NN)C1CCCc2sccc21. The summed E-state index contributed by atoms with van der Waals surface area (Å²) < 4.78 is 5.11. The number of hydrogen-bond donors (Lipinski definition) is 2. The highest BCUT2D eigenvalue weighted by molar-refractivity contribution is 7.10. The average Bonchev–Trinajstić information content (AvgIpc) is 2.83. The Bertz CT molecular complexity index is 340. The zero-order valence-corrected chi connectivity index (χ0v) is 11.3. The van der Waals surface area contributed by atoms with Crippen LogP contribution in [0.15, 0.2) is 11.4 Å². The van der Waals surface area contributed by atoms with Gasteiger partial charge in [-0.25, -0.2) is 0 Å². The molecule has 1 aromatic rings. The molecule has 0 bridgehead atoms. The van der Waals surface area contributed by atoms with E-state index in [9.17, 15) is 0 Å². The van der Waals surface area contributed by atoms with Gasteiger partial charge in [0.2, 0.25) is 0 Å². The van der Waals surface area contributed by atoms with Crippen LogP contribution in [0.5, 0.6) is 0 Å². The third-order valence-corrected chi connectivity index (χ3v) is 4.66. The van der Waals surface area contributed by atoms with Gasteiger partial charge in [-0.3, -0.25) is 11.3 Å². The highest BCUT2D eigenvalue weighted by Crippen LogP contribution is 2.37. The minimum Gasteiger partial charge on any atom is -0.385 e. The Morgan fingerprint density at radius 3 is 3.29 bits per heavy atom. The van der Waals surface area contributed by atoms with E-state index >= 15 is 0 Å². The molecule has 1 aliphatic rings. The monoisotopic (exact) mass is 254 g/mol. The smallest absolute Gasteiger partial charge is 0.0462 e. The fourth-order valence-electron chi connectivity index (χ4n) is 2.79. The quantitative estimate of drug-likeness (QED) is 0.465. The molecule has 1 aliphatic carbocycles. The summed E-state index contributed by atoms with van der Waals surface area (Å²) >= 11 is 1.89. The lowest BCUT2D eigenvalue weighted by atomic mass is 9.81. The molecular weight excluding hydrogens is 232 g/mol. The minimum absolute atomic E-state index is 0.388. The van der Waals surface area contributed by atoms with Gasteiger partial charge in [-0.15, -0.1) is 11.3 Å². The number of rotatable bonds is 6. The second-order valence-corrected chi connectivity index (χ2v) is 5.71. The van der Waals surface area contributed by atoms with Crippen molar-refractivity contribution < 1.29 is 4.74 Å². The number of methoxy groups -OCH3 is 1. The van der Waals surface area contributed by atoms with E-state index < -0.39 is 0 Å². The van der Waals surface area contributed by atoms with Gasteiger partial charge in [-0.05, 0) is 49.1 Å². The lowest BCUT2D eigenvalue weighted by Crippen LogP contribution is -2.40. The van der Waals surface area contributed by atoms with Crippen molar-refractivity contribution in [2.45, 2.75) is 44.1 Å². The minimum atomic E-state index is 0.388. The Morgan fingerprint density at radius 2 is 2.53 bits per heavy atom. The topological polar surface area (TPSA) is 47.3 Å². The number of thiophene rings is 1. The summed E-state index contributed by atoms with van der Waals surface area (Å²) in [4.78, 5) is 1.56. The standard InChI is InChI=1S/C13H22N2OS/c1-16-8-3-5-12(15-14)10-4-2-6-13-11(10)7-9-17-13/h7,9-10,12,15H,2-6,8,14H2,1H3. The molecule has 17 heavy (non-hydrogen) atoms. The predicted molar refractivity (Wildman–Crippen MR) is 72.2 cm³/mol. The molecule has 0 spiro atoms. The van der Waals surface area contributed by atoms with Gasteiger partial charge in [-0.1, -0.05) is 0 Å². The largest absolute Gasteiger partial charge is 0.385 e. The van der Waals surface area contributed by atoms with Crippen molar-refractivity contribution in [3.05, 3.63) is 21.9 Å². The van der Waals surface area contributed by atoms with Crippen molar-refractivity contribution in [2.24, 2.45) is 5.84 Å². The fourth-order valence-corrected chi connectivity index (χ4v) is 3.78. The molecule has 0 saturated heterocycles. The van der Waals surface area contributed by atoms with Crippen molar-refractivity contribution in [1.82, 2.24) is 5.43 Å². The van der Waals surface area contributed by atoms with Crippen molar-refractivity contribution in [3.8, 4) is 0 Å². The lowest BCUT2D eigenvalue weighted by molar-refractivity contribution is 0.186. The molecule has 2 atom stereocenters. The number of hydrogen-bond acceptors (Lipinski definition) is 4. The van der Waals surface area contributed by atoms with Crippen molar-refractivity contribution in [1.29, 1.82) is 0 Å². The van der Waals surface area contributed by atoms with E-state index in [1.807, 2.05) is 11.3 Å². The van der Waals surface area contributed by atoms with Gasteiger partial charge in [0, 0.05) is 30.6 Å². The molecule has 0 aromatic carbocycles. The number of hydrazine groups is 1. The first-order valence-corrected chi connectivity index (χ1v) is 7.26. The van der Waals surface area contributed by atoms with Crippen LogP contribution in [0.2, 0.25) is 0 Å². The zero-order valence-electron chi connectivity index (χ0n) is 10.4. The molecule has 1 aromatic heterocycles. The number of ether oxygens (including phenoxy) is 1. The molecular formula is C13H22N2OS. The van der Waals surface area contributed by atoms with Crippen LogP contribution in [0.3, 0.4) is 0 Å². The van der Waals surface area contributed by atoms with Crippen LogP contribution in [0.4, 0.5) is 0 Å². The Labute approximate surface area is 107 Å². The van der Waals surface area contributed by atoms with Gasteiger partial charge in [-0.2, -0.15) is 0 Å². The number of aryl methyl sites for hydroxylation is 1. The van der Waals surface area contributed by atoms with E-state index in [1.165, 1.54) is 24.8 Å². The van der Waals surface area contributed by atoms with Crippen molar-refractivity contribution in [2.75, 3.05) is 13.7 Å². The second kappa shape index (κ2) is 6.50. The third kappa shape index (κ3) is 3.07. The van der Waals surface area contributed by atoms with E-state index in [0.717, 1.165) is 19.4 Å². The molecule has 0 aliphatic heterocycles. The van der Waals surface area contributed by atoms with Crippen LogP contribution in [0, 0.1) is 0 Å². The Hall–Kier alpha value is -0.420. The van der Waals surface area contributed by atoms with Gasteiger partial charge in [0.25, 0.3) is 0 Å². The maximum absolute atomic E-state index is 5.72. The average molecular weight is 254 g/mol. The highest BCUT2D eigenvalue weighted by atomic mass is 32.1. The highest BCUT2D eigenvalue weighted by Gasteiger charge is 2.27. The number of nitrogens with two attached hydrogens (primary N) is 1. The molecule has 2 rings (SSSR count). The van der Waals surface area contributed by atoms with E-state index in [2.05, 4.69) is 16.9 Å². The summed E-state index contributed by atoms with van der Waals surface area (Å²) in [6.45, 7) is 0.821. The van der Waals surface area contributed by atoms with E-state index in [4.69, 9.17) is 10.6 Å². The third-order valence-electron chi connectivity index (χ3n) is 3.66. The summed E-state index contributed by atoms with van der Waals surface area (Å²) in [5, 5.41) is 2.21. The first-order valence-electron chi connectivity index (χ1n) is 6.38. The van der Waals surface area contributed by atoms with Gasteiger partial charge >= 0.3 is 0 Å². The van der Waals surface area contributed by atoms with Crippen LogP contribution < -0.4 is 11.3 Å². The van der Waals surface area contributed by atoms with Crippen LogP contribution in [-0.4, -0.2) is 19.8 Å². The summed E-state index contributed by atoms with van der Waals surface area (Å²) in [6, 6.07) is 2.67. The molecule has 1 heterocycles. The summed E-state index contributed by atoms with van der Waals surface area (Å²) in [6.07, 6.45) is 5.96. The van der Waals surface area contributed by atoms with E-state index in [1.54, 1.807) is 12.0 Å². The molecule has 2 unspecified atom stereocenters. The first kappa shape index (κ1) is 13.0. The summed E-state index contributed by atoms with van der Waals surface area (Å²) in [7, 11) is 1.75. The molecule has 4 heteroatoms. The summed E-state index contributed by atoms with van der Waals surface area (Å²) in [5.41, 5.74) is 4.54. The fraction of sp³-hybridized carbons (Fsp3) is 0.692. The molecule has 0 fully saturated rings. The maximum Gasteiger partial charge on any atom is 0.0462 e. The van der Waals surface area contributed by atoms with Crippen LogP contribution >= 0.6 is 11.3 Å². The normalized spacial score (nSPS) is 21.2. The second-order valence-electron chi connectivity index (χ2n) is 4.71. The van der Waals surface area contributed by atoms with Crippen molar-refractivity contribution >= 4 is 11.3 Å². The van der Waals surface area contributed by atoms with Gasteiger partial charge in [0.05, 0.1) is 0 Å². The van der Waals surface area contributed by atoms with Crippen LogP contribution in [-0.2, 0) is 11.2 Å². The van der Waals surface area contributed by atoms with E-state index in [0.29, 0.717) is 12.0 Å². The van der Waals surface area contributed by atoms with Crippen LogP contribution in [0.25, 0.3) is 0 Å². The molecule has 0 saturated carbocycles. The Balaban J connectivity index is 2.01. The summed E-state index contributed by atoms with van der Waals surface area (Å²) in [5.74, 6) is 6.31. The number of fused-ring (bicyclic) bond motifs is 1. The molecule has 3 nitrogen and oxygen atoms in total. The van der Waals surface area contributed by atoms with Gasteiger partial charge < -0.3 is 4.74 Å². The molecule has 3 N–H and O–H groups in total. The molecule has 96 valence electrons. The van der Waals surface area contributed by atoms with Crippen LogP contribution in [0.1, 0.15) is 42.0 Å². The van der Waals surface area contributed by atoms with Gasteiger partial charge in [0.1, 0.15) is 0 Å².